The molecule has 0 amide bonds. The van der Waals surface area contributed by atoms with Crippen molar-refractivity contribution in [2.75, 3.05) is 19.7 Å². The molecule has 2 aliphatic heterocycles. The van der Waals surface area contributed by atoms with E-state index in [-0.39, 0.29) is 0 Å². The predicted molar refractivity (Wildman–Crippen MR) is 80.1 cm³/mol. The summed E-state index contributed by atoms with van der Waals surface area (Å²) in [5, 5.41) is 25.0. The highest BCUT2D eigenvalue weighted by molar-refractivity contribution is 5.04. The van der Waals surface area contributed by atoms with Crippen LogP contribution >= 0.6 is 0 Å². The Morgan fingerprint density at radius 1 is 1.36 bits per heavy atom. The highest BCUT2D eigenvalue weighted by Gasteiger charge is 2.52. The van der Waals surface area contributed by atoms with Gasteiger partial charge in [-0.15, -0.1) is 0 Å². The molecule has 2 N–H and O–H groups in total. The van der Waals surface area contributed by atoms with Gasteiger partial charge in [0, 0.05) is 26.1 Å². The van der Waals surface area contributed by atoms with Crippen molar-refractivity contribution in [3.8, 4) is 0 Å². The molecule has 1 spiro atoms. The zero-order valence-electron chi connectivity index (χ0n) is 13.4. The highest BCUT2D eigenvalue weighted by atomic mass is 16.5. The molecule has 7 heteroatoms. The van der Waals surface area contributed by atoms with E-state index in [0.717, 1.165) is 44.8 Å². The molecule has 124 valence electrons. The summed E-state index contributed by atoms with van der Waals surface area (Å²) in [5.41, 5.74) is -1.65. The van der Waals surface area contributed by atoms with Gasteiger partial charge < -0.3 is 14.9 Å². The van der Waals surface area contributed by atoms with E-state index in [2.05, 4.69) is 21.9 Å². The topological polar surface area (TPSA) is 83.6 Å². The minimum Gasteiger partial charge on any atom is -0.387 e. The fraction of sp³-hybridized carbons (Fsp3) is 0.867. The van der Waals surface area contributed by atoms with Gasteiger partial charge in [-0.2, -0.15) is 5.10 Å². The van der Waals surface area contributed by atoms with Crippen molar-refractivity contribution in [1.82, 2.24) is 19.7 Å². The monoisotopic (exact) mass is 310 g/mol. The predicted octanol–water partition coefficient (Wildman–Crippen LogP) is 0.165. The van der Waals surface area contributed by atoms with Crippen molar-refractivity contribution in [2.45, 2.75) is 63.5 Å². The summed E-state index contributed by atoms with van der Waals surface area (Å²) in [4.78, 5) is 6.62. The first-order valence-corrected chi connectivity index (χ1v) is 8.10. The quantitative estimate of drug-likeness (QED) is 0.828. The minimum absolute atomic E-state index is 0.485. The minimum atomic E-state index is -1.05. The van der Waals surface area contributed by atoms with Crippen molar-refractivity contribution in [2.24, 2.45) is 0 Å². The third kappa shape index (κ3) is 2.78. The number of aliphatic hydroxyl groups is 2. The summed E-state index contributed by atoms with van der Waals surface area (Å²) in [6.45, 7) is 7.49. The van der Waals surface area contributed by atoms with Gasteiger partial charge in [0.2, 0.25) is 0 Å². The van der Waals surface area contributed by atoms with Crippen LogP contribution in [0.4, 0.5) is 0 Å². The molecule has 2 atom stereocenters. The van der Waals surface area contributed by atoms with Gasteiger partial charge in [0.25, 0.3) is 0 Å². The number of hydrogen-bond acceptors (Lipinski definition) is 6. The first-order chi connectivity index (χ1) is 10.5. The van der Waals surface area contributed by atoms with Crippen molar-refractivity contribution >= 4 is 0 Å². The maximum atomic E-state index is 10.5. The number of piperidine rings is 1. The second-order valence-electron chi connectivity index (χ2n) is 6.69. The van der Waals surface area contributed by atoms with Crippen LogP contribution in [-0.2, 0) is 17.8 Å². The van der Waals surface area contributed by atoms with Crippen LogP contribution in [-0.4, -0.2) is 66.9 Å². The number of hydrogen-bond donors (Lipinski definition) is 2. The van der Waals surface area contributed by atoms with E-state index in [1.807, 2.05) is 4.68 Å². The van der Waals surface area contributed by atoms with Gasteiger partial charge in [-0.3, -0.25) is 4.90 Å². The van der Waals surface area contributed by atoms with E-state index < -0.39 is 17.3 Å². The van der Waals surface area contributed by atoms with Crippen LogP contribution in [0.15, 0.2) is 6.33 Å². The van der Waals surface area contributed by atoms with E-state index >= 15 is 0 Å². The Morgan fingerprint density at radius 3 is 2.77 bits per heavy atom. The van der Waals surface area contributed by atoms with Crippen LogP contribution in [0.1, 0.15) is 38.9 Å². The number of likely N-dealkylation sites (tertiary alicyclic amines) is 1. The SMILES string of the molecule is CCn1ncnc1CN1CCC2(CC1)OCC[C@@](C)(O)[C@@H]2O. The third-order valence-corrected chi connectivity index (χ3v) is 5.15. The molecule has 3 rings (SSSR count). The Kier molecular flexibility index (Phi) is 4.24. The molecule has 0 unspecified atom stereocenters. The lowest BCUT2D eigenvalue weighted by molar-refractivity contribution is -0.246. The van der Waals surface area contributed by atoms with Crippen LogP contribution < -0.4 is 0 Å². The zero-order chi connectivity index (χ0) is 15.8. The number of aliphatic hydroxyl groups excluding tert-OH is 1. The molecule has 3 heterocycles. The Bertz CT molecular complexity index is 509. The Hall–Kier alpha value is -1.02. The van der Waals surface area contributed by atoms with Crippen molar-refractivity contribution in [3.05, 3.63) is 12.2 Å². The van der Waals surface area contributed by atoms with Gasteiger partial charge in [0.1, 0.15) is 18.3 Å². The first kappa shape index (κ1) is 15.9. The lowest BCUT2D eigenvalue weighted by atomic mass is 9.75. The van der Waals surface area contributed by atoms with Gasteiger partial charge in [0.15, 0.2) is 0 Å². The number of aryl methyl sites for hydroxylation is 1. The second-order valence-corrected chi connectivity index (χ2v) is 6.69. The summed E-state index contributed by atoms with van der Waals surface area (Å²) in [6, 6.07) is 0. The van der Waals surface area contributed by atoms with Gasteiger partial charge >= 0.3 is 0 Å². The largest absolute Gasteiger partial charge is 0.387 e. The van der Waals surface area contributed by atoms with Crippen LogP contribution in [0, 0.1) is 0 Å². The summed E-state index contributed by atoms with van der Waals surface area (Å²) in [7, 11) is 0. The van der Waals surface area contributed by atoms with E-state index in [0.29, 0.717) is 13.0 Å². The van der Waals surface area contributed by atoms with Crippen molar-refractivity contribution in [3.63, 3.8) is 0 Å². The van der Waals surface area contributed by atoms with Crippen molar-refractivity contribution in [1.29, 1.82) is 0 Å². The van der Waals surface area contributed by atoms with Gasteiger partial charge in [-0.05, 0) is 26.7 Å². The number of ether oxygens (including phenoxy) is 1. The number of nitrogens with zero attached hydrogens (tertiary/aromatic N) is 4. The normalized spacial score (nSPS) is 32.5. The molecule has 1 aromatic heterocycles. The zero-order valence-corrected chi connectivity index (χ0v) is 13.4. The maximum Gasteiger partial charge on any atom is 0.140 e. The molecule has 22 heavy (non-hydrogen) atoms. The molecule has 2 saturated heterocycles. The summed E-state index contributed by atoms with van der Waals surface area (Å²) in [5.74, 6) is 0.968. The molecule has 0 radical (unpaired) electrons. The van der Waals surface area contributed by atoms with Crippen LogP contribution in [0.2, 0.25) is 0 Å². The number of aromatic nitrogens is 3. The highest BCUT2D eigenvalue weighted by Crippen LogP contribution is 2.39. The molecule has 7 nitrogen and oxygen atoms in total. The molecular weight excluding hydrogens is 284 g/mol. The lowest BCUT2D eigenvalue weighted by Crippen LogP contribution is -2.64. The maximum absolute atomic E-state index is 10.5. The molecule has 0 aliphatic carbocycles. The lowest BCUT2D eigenvalue weighted by Gasteiger charge is -2.51. The van der Waals surface area contributed by atoms with Crippen LogP contribution in [0.25, 0.3) is 0 Å². The fourth-order valence-electron chi connectivity index (χ4n) is 3.63. The standard InChI is InChI=1S/C15H26N4O3/c1-3-19-12(16-11-17-19)10-18-7-4-15(5-8-18)13(20)14(2,21)6-9-22-15/h11,13,20-21H,3-10H2,1-2H3/t13-,14+/m0/s1. The second kappa shape index (κ2) is 5.88. The van der Waals surface area contributed by atoms with E-state index in [1.165, 1.54) is 0 Å². The smallest absolute Gasteiger partial charge is 0.140 e. The first-order valence-electron chi connectivity index (χ1n) is 8.10. The van der Waals surface area contributed by atoms with Gasteiger partial charge in [-0.25, -0.2) is 9.67 Å². The number of rotatable bonds is 3. The average molecular weight is 310 g/mol. The molecule has 0 bridgehead atoms. The molecular formula is C15H26N4O3. The fourth-order valence-corrected chi connectivity index (χ4v) is 3.63. The summed E-state index contributed by atoms with van der Waals surface area (Å²) < 4.78 is 7.82. The Labute approximate surface area is 130 Å². The summed E-state index contributed by atoms with van der Waals surface area (Å²) in [6.07, 6.45) is 2.71. The van der Waals surface area contributed by atoms with E-state index in [4.69, 9.17) is 4.74 Å². The third-order valence-electron chi connectivity index (χ3n) is 5.15. The van der Waals surface area contributed by atoms with E-state index in [9.17, 15) is 10.2 Å². The molecule has 2 aliphatic rings. The Balaban J connectivity index is 1.63. The average Bonchev–Trinajstić information content (AvgIpc) is 2.94. The van der Waals surface area contributed by atoms with E-state index in [1.54, 1.807) is 13.3 Å². The van der Waals surface area contributed by atoms with Crippen LogP contribution in [0.3, 0.4) is 0 Å². The van der Waals surface area contributed by atoms with Gasteiger partial charge in [0.05, 0.1) is 24.4 Å². The molecule has 2 fully saturated rings. The molecule has 0 aromatic carbocycles. The van der Waals surface area contributed by atoms with Crippen LogP contribution in [0.5, 0.6) is 0 Å². The Morgan fingerprint density at radius 2 is 2.09 bits per heavy atom. The van der Waals surface area contributed by atoms with Gasteiger partial charge in [-0.1, -0.05) is 0 Å². The summed E-state index contributed by atoms with van der Waals surface area (Å²) >= 11 is 0. The molecule has 1 aromatic rings. The molecule has 0 saturated carbocycles. The van der Waals surface area contributed by atoms with Crippen molar-refractivity contribution < 1.29 is 14.9 Å².